The molecule has 0 amide bonds. The van der Waals surface area contributed by atoms with Crippen LogP contribution >= 0.6 is 0 Å². The van der Waals surface area contributed by atoms with E-state index in [1.807, 2.05) is 85.0 Å². The highest BCUT2D eigenvalue weighted by molar-refractivity contribution is 6.08. The average Bonchev–Trinajstić information content (AvgIpc) is 3.69. The summed E-state index contributed by atoms with van der Waals surface area (Å²) in [6, 6.07) is 30.4. The zero-order chi connectivity index (χ0) is 29.5. The molecular formula is C37H28N6. The van der Waals surface area contributed by atoms with Crippen molar-refractivity contribution in [2.45, 2.75) is 0 Å². The summed E-state index contributed by atoms with van der Waals surface area (Å²) in [7, 11) is 0. The summed E-state index contributed by atoms with van der Waals surface area (Å²) < 4.78 is 6.39. The third-order valence-corrected chi connectivity index (χ3v) is 7.59. The van der Waals surface area contributed by atoms with Gasteiger partial charge in [-0.25, -0.2) is 9.97 Å². The van der Waals surface area contributed by atoms with Gasteiger partial charge in [-0.15, -0.1) is 0 Å². The zero-order valence-corrected chi connectivity index (χ0v) is 23.6. The van der Waals surface area contributed by atoms with Gasteiger partial charge in [-0.3, -0.25) is 13.5 Å². The third kappa shape index (κ3) is 4.00. The van der Waals surface area contributed by atoms with Crippen molar-refractivity contribution >= 4 is 45.6 Å². The molecule has 0 radical (unpaired) electrons. The first-order valence-electron chi connectivity index (χ1n) is 14.0. The summed E-state index contributed by atoms with van der Waals surface area (Å²) in [4.78, 5) is 15.3. The van der Waals surface area contributed by atoms with E-state index in [4.69, 9.17) is 15.0 Å². The molecule has 4 heterocycles. The van der Waals surface area contributed by atoms with E-state index in [0.29, 0.717) is 11.6 Å². The van der Waals surface area contributed by atoms with Crippen molar-refractivity contribution in [3.8, 4) is 22.9 Å². The van der Waals surface area contributed by atoms with Crippen LogP contribution < -0.4 is 0 Å². The Morgan fingerprint density at radius 3 is 2.09 bits per heavy atom. The van der Waals surface area contributed by atoms with Gasteiger partial charge in [0.05, 0.1) is 22.6 Å². The fourth-order valence-electron chi connectivity index (χ4n) is 5.75. The summed E-state index contributed by atoms with van der Waals surface area (Å²) in [6.07, 6.45) is 9.15. The second-order valence-corrected chi connectivity index (χ2v) is 9.98. The molecule has 0 fully saturated rings. The molecule has 0 saturated heterocycles. The maximum atomic E-state index is 5.30. The Balaban J connectivity index is 1.63. The van der Waals surface area contributed by atoms with Crippen molar-refractivity contribution < 1.29 is 0 Å². The number of rotatable bonds is 8. The summed E-state index contributed by atoms with van der Waals surface area (Å²) >= 11 is 0. The number of allylic oxidation sites excluding steroid dienone is 4. The van der Waals surface area contributed by atoms with Crippen molar-refractivity contribution in [2.75, 3.05) is 0 Å². The predicted octanol–water partition coefficient (Wildman–Crippen LogP) is 8.72. The van der Waals surface area contributed by atoms with Crippen LogP contribution in [0, 0.1) is 0 Å². The lowest BCUT2D eigenvalue weighted by Gasteiger charge is -2.11. The Labute approximate surface area is 249 Å². The van der Waals surface area contributed by atoms with Crippen molar-refractivity contribution in [2.24, 2.45) is 0 Å². The largest absolute Gasteiger partial charge is 0.278 e. The molecule has 206 valence electrons. The smallest absolute Gasteiger partial charge is 0.222 e. The van der Waals surface area contributed by atoms with Crippen LogP contribution in [-0.2, 0) is 0 Å². The first-order chi connectivity index (χ1) is 21.2. The summed E-state index contributed by atoms with van der Waals surface area (Å²) in [6.45, 7) is 16.2. The van der Waals surface area contributed by atoms with Gasteiger partial charge in [0.2, 0.25) is 5.78 Å². The van der Waals surface area contributed by atoms with Crippen LogP contribution in [0.4, 0.5) is 0 Å². The molecule has 4 aromatic heterocycles. The van der Waals surface area contributed by atoms with Crippen molar-refractivity contribution in [1.82, 2.24) is 28.5 Å². The number of aromatic nitrogens is 6. The molecule has 0 atom stereocenters. The van der Waals surface area contributed by atoms with Crippen molar-refractivity contribution in [1.29, 1.82) is 0 Å². The van der Waals surface area contributed by atoms with E-state index in [1.54, 1.807) is 12.2 Å². The van der Waals surface area contributed by atoms with Gasteiger partial charge in [0.25, 0.3) is 0 Å². The highest BCUT2D eigenvalue weighted by Gasteiger charge is 2.25. The number of benzene rings is 3. The van der Waals surface area contributed by atoms with Gasteiger partial charge >= 0.3 is 0 Å². The van der Waals surface area contributed by atoms with Crippen molar-refractivity contribution in [3.05, 3.63) is 153 Å². The Hall–Kier alpha value is -6.01. The zero-order valence-electron chi connectivity index (χ0n) is 23.6. The highest BCUT2D eigenvalue weighted by atomic mass is 15.3. The van der Waals surface area contributed by atoms with E-state index in [1.165, 1.54) is 0 Å². The molecule has 6 nitrogen and oxygen atoms in total. The lowest BCUT2D eigenvalue weighted by atomic mass is 10.1. The monoisotopic (exact) mass is 556 g/mol. The maximum Gasteiger partial charge on any atom is 0.222 e. The van der Waals surface area contributed by atoms with Crippen LogP contribution in [0.3, 0.4) is 0 Å². The molecule has 0 aliphatic carbocycles. The highest BCUT2D eigenvalue weighted by Crippen LogP contribution is 2.36. The van der Waals surface area contributed by atoms with E-state index in [-0.39, 0.29) is 0 Å². The SMILES string of the molecule is C=C/C=C(\C=C)c1cc(-n2c3ccccc3c3c2nc2n(-c4ccccc4)c(C=C)c(C=C)n32)nc(-c2ccccc2)n1. The molecular weight excluding hydrogens is 528 g/mol. The van der Waals surface area contributed by atoms with Gasteiger partial charge in [0.1, 0.15) is 11.3 Å². The number of fused-ring (bicyclic) bond motifs is 5. The third-order valence-electron chi connectivity index (χ3n) is 7.59. The van der Waals surface area contributed by atoms with E-state index < -0.39 is 0 Å². The molecule has 3 aromatic carbocycles. The lowest BCUT2D eigenvalue weighted by Crippen LogP contribution is -2.04. The minimum Gasteiger partial charge on any atom is -0.278 e. The van der Waals surface area contributed by atoms with Crippen LogP contribution in [0.5, 0.6) is 0 Å². The molecule has 0 spiro atoms. The number of nitrogens with zero attached hydrogens (tertiary/aromatic N) is 6. The molecule has 0 aliphatic heterocycles. The summed E-state index contributed by atoms with van der Waals surface area (Å²) in [5, 5.41) is 1.04. The van der Waals surface area contributed by atoms with Gasteiger partial charge < -0.3 is 0 Å². The molecule has 0 bridgehead atoms. The van der Waals surface area contributed by atoms with Gasteiger partial charge in [0, 0.05) is 22.7 Å². The first kappa shape index (κ1) is 25.9. The molecule has 0 aliphatic rings. The fourth-order valence-corrected chi connectivity index (χ4v) is 5.75. The Morgan fingerprint density at radius 1 is 0.698 bits per heavy atom. The minimum absolute atomic E-state index is 0.606. The van der Waals surface area contributed by atoms with E-state index in [2.05, 4.69) is 64.1 Å². The topological polar surface area (TPSA) is 52.9 Å². The van der Waals surface area contributed by atoms with Crippen LogP contribution in [0.15, 0.2) is 136 Å². The Kier molecular flexibility index (Phi) is 6.29. The lowest BCUT2D eigenvalue weighted by molar-refractivity contribution is 1.02. The van der Waals surface area contributed by atoms with E-state index in [9.17, 15) is 0 Å². The molecule has 0 unspecified atom stereocenters. The standard InChI is InChI=1S/C37H28N6/c1-5-17-25(6-2)29-24-33(39-35(38-29)26-18-11-9-12-19-26)42-32-23-16-15-22-28(32)34-36(42)40-37-41(27-20-13-10-14-21-27)30(7-3)31(8-4)43(34)37/h5-24H,1-4H2/b25-17+. The molecule has 7 aromatic rings. The first-order valence-corrected chi connectivity index (χ1v) is 14.0. The molecule has 7 rings (SSSR count). The number of para-hydroxylation sites is 2. The maximum absolute atomic E-state index is 5.30. The van der Waals surface area contributed by atoms with Gasteiger partial charge in [0.15, 0.2) is 11.5 Å². The van der Waals surface area contributed by atoms with Gasteiger partial charge in [-0.2, -0.15) is 4.98 Å². The van der Waals surface area contributed by atoms with Crippen molar-refractivity contribution in [3.63, 3.8) is 0 Å². The van der Waals surface area contributed by atoms with Crippen LogP contribution in [-0.4, -0.2) is 28.5 Å². The van der Waals surface area contributed by atoms with Crippen LogP contribution in [0.2, 0.25) is 0 Å². The molecule has 43 heavy (non-hydrogen) atoms. The Bertz CT molecular complexity index is 2240. The minimum atomic E-state index is 0.606. The number of imidazole rings is 2. The normalized spacial score (nSPS) is 11.8. The molecule has 0 N–H and O–H groups in total. The number of hydrogen-bond acceptors (Lipinski definition) is 3. The van der Waals surface area contributed by atoms with Crippen LogP contribution in [0.1, 0.15) is 17.1 Å². The van der Waals surface area contributed by atoms with E-state index >= 15 is 0 Å². The fraction of sp³-hybridized carbons (Fsp3) is 0. The second kappa shape index (κ2) is 10.4. The molecule has 0 saturated carbocycles. The second-order valence-electron chi connectivity index (χ2n) is 9.98. The van der Waals surface area contributed by atoms with E-state index in [0.717, 1.165) is 61.8 Å². The number of hydrogen-bond donors (Lipinski definition) is 0. The summed E-state index contributed by atoms with van der Waals surface area (Å²) in [5.41, 5.74) is 8.03. The van der Waals surface area contributed by atoms with Gasteiger partial charge in [-0.05, 0) is 35.9 Å². The Morgan fingerprint density at radius 2 is 1.40 bits per heavy atom. The van der Waals surface area contributed by atoms with Crippen LogP contribution in [0.25, 0.3) is 68.5 Å². The quantitative estimate of drug-likeness (QED) is 0.176. The summed E-state index contributed by atoms with van der Waals surface area (Å²) in [5.74, 6) is 2.06. The molecule has 6 heteroatoms. The average molecular weight is 557 g/mol. The predicted molar refractivity (Wildman–Crippen MR) is 178 cm³/mol. The van der Waals surface area contributed by atoms with Gasteiger partial charge in [-0.1, -0.05) is 111 Å².